The average Bonchev–Trinajstić information content (AvgIpc) is 2.76. The van der Waals surface area contributed by atoms with Gasteiger partial charge in [-0.15, -0.1) is 0 Å². The second kappa shape index (κ2) is 8.39. The van der Waals surface area contributed by atoms with E-state index in [0.29, 0.717) is 33.2 Å². The number of carbonyl (C=O) groups is 1. The molecule has 0 aliphatic rings. The third-order valence-electron chi connectivity index (χ3n) is 4.48. The second-order valence-electron chi connectivity index (χ2n) is 6.56. The monoisotopic (exact) mass is 419 g/mol. The minimum absolute atomic E-state index is 0.155. The van der Waals surface area contributed by atoms with Crippen LogP contribution in [0.5, 0.6) is 5.75 Å². The minimum Gasteiger partial charge on any atom is -0.493 e. The normalized spacial score (nSPS) is 11.5. The van der Waals surface area contributed by atoms with E-state index in [2.05, 4.69) is 15.3 Å². The second-order valence-corrected chi connectivity index (χ2v) is 6.97. The summed E-state index contributed by atoms with van der Waals surface area (Å²) in [4.78, 5) is 21.7. The molecule has 0 saturated carbocycles. The van der Waals surface area contributed by atoms with E-state index in [1.807, 2.05) is 25.1 Å². The van der Waals surface area contributed by atoms with E-state index in [-0.39, 0.29) is 17.0 Å². The number of anilines is 1. The molecule has 150 valence electrons. The molecule has 4 rings (SSSR count). The van der Waals surface area contributed by atoms with Gasteiger partial charge in [-0.3, -0.25) is 4.79 Å². The van der Waals surface area contributed by atoms with Crippen LogP contribution in [0.4, 0.5) is 11.5 Å². The molecule has 1 N–H and O–H groups in total. The number of rotatable bonds is 4. The summed E-state index contributed by atoms with van der Waals surface area (Å²) in [5, 5.41) is 4.13. The molecule has 4 aromatic rings. The zero-order valence-electron chi connectivity index (χ0n) is 16.3. The van der Waals surface area contributed by atoms with Crippen molar-refractivity contribution < 1.29 is 13.9 Å². The van der Waals surface area contributed by atoms with Crippen LogP contribution in [0.2, 0.25) is 5.02 Å². The Morgan fingerprint density at radius 1 is 1.13 bits per heavy atom. The number of nitrogens with zero attached hydrogens (tertiary/aromatic N) is 2. The van der Waals surface area contributed by atoms with E-state index in [0.717, 1.165) is 5.56 Å². The average molecular weight is 420 g/mol. The van der Waals surface area contributed by atoms with Gasteiger partial charge in [0, 0.05) is 16.6 Å². The molecule has 2 aromatic carbocycles. The molecular weight excluding hydrogens is 402 g/mol. The Labute approximate surface area is 177 Å². The van der Waals surface area contributed by atoms with Gasteiger partial charge in [0.05, 0.1) is 12.8 Å². The lowest BCUT2D eigenvalue weighted by molar-refractivity contribution is 0.102. The zero-order chi connectivity index (χ0) is 21.1. The molecule has 0 spiro atoms. The van der Waals surface area contributed by atoms with Crippen molar-refractivity contribution in [3.8, 4) is 5.75 Å². The third kappa shape index (κ3) is 4.04. The number of fused-ring (bicyclic) bond motifs is 1. The first-order chi connectivity index (χ1) is 14.5. The summed E-state index contributed by atoms with van der Waals surface area (Å²) >= 11 is 6.12. The first-order valence-corrected chi connectivity index (χ1v) is 9.57. The summed E-state index contributed by atoms with van der Waals surface area (Å²) in [6.45, 7) is 1.89. The van der Waals surface area contributed by atoms with E-state index in [4.69, 9.17) is 20.8 Å². The van der Waals surface area contributed by atoms with Crippen LogP contribution in [0.25, 0.3) is 11.0 Å². The predicted octanol–water partition coefficient (Wildman–Crippen LogP) is 5.28. The molecule has 7 heteroatoms. The first kappa shape index (κ1) is 19.7. The summed E-state index contributed by atoms with van der Waals surface area (Å²) in [5.74, 6) is 0.598. The number of methoxy groups -OCH3 is 1. The van der Waals surface area contributed by atoms with Gasteiger partial charge in [-0.2, -0.15) is 0 Å². The predicted molar refractivity (Wildman–Crippen MR) is 116 cm³/mol. The van der Waals surface area contributed by atoms with Crippen molar-refractivity contribution in [2.24, 2.45) is 4.99 Å². The molecule has 0 fully saturated rings. The van der Waals surface area contributed by atoms with Crippen molar-refractivity contribution in [2.75, 3.05) is 12.4 Å². The summed E-state index contributed by atoms with van der Waals surface area (Å²) in [5.41, 5.74) is 2.41. The topological polar surface area (TPSA) is 76.7 Å². The van der Waals surface area contributed by atoms with Crippen molar-refractivity contribution >= 4 is 40.0 Å². The highest BCUT2D eigenvalue weighted by Crippen LogP contribution is 2.26. The fourth-order valence-electron chi connectivity index (χ4n) is 2.97. The Balaban J connectivity index is 1.90. The van der Waals surface area contributed by atoms with Crippen molar-refractivity contribution in [3.05, 3.63) is 88.6 Å². The van der Waals surface area contributed by atoms with Crippen molar-refractivity contribution in [2.45, 2.75) is 6.92 Å². The highest BCUT2D eigenvalue weighted by atomic mass is 35.5. The van der Waals surface area contributed by atoms with Crippen molar-refractivity contribution in [3.63, 3.8) is 0 Å². The van der Waals surface area contributed by atoms with Gasteiger partial charge in [0.2, 0.25) is 5.55 Å². The van der Waals surface area contributed by atoms with E-state index >= 15 is 0 Å². The number of aryl methyl sites for hydroxylation is 1. The van der Waals surface area contributed by atoms with E-state index < -0.39 is 0 Å². The molecule has 0 unspecified atom stereocenters. The molecule has 0 atom stereocenters. The third-order valence-corrected chi connectivity index (χ3v) is 4.91. The number of nitrogens with one attached hydrogen (secondary N) is 1. The van der Waals surface area contributed by atoms with Crippen LogP contribution >= 0.6 is 11.6 Å². The van der Waals surface area contributed by atoms with Crippen LogP contribution < -0.4 is 15.6 Å². The van der Waals surface area contributed by atoms with Gasteiger partial charge in [-0.25, -0.2) is 9.98 Å². The largest absolute Gasteiger partial charge is 0.493 e. The number of amides is 1. The van der Waals surface area contributed by atoms with Gasteiger partial charge >= 0.3 is 0 Å². The number of aromatic nitrogens is 1. The molecule has 6 nitrogen and oxygen atoms in total. The van der Waals surface area contributed by atoms with Crippen LogP contribution in [0, 0.1) is 6.92 Å². The van der Waals surface area contributed by atoms with Gasteiger partial charge in [-0.05, 0) is 55.0 Å². The Hall–Kier alpha value is -3.64. The van der Waals surface area contributed by atoms with E-state index in [1.54, 1.807) is 55.8 Å². The maximum absolute atomic E-state index is 13.0. The lowest BCUT2D eigenvalue weighted by Crippen LogP contribution is -2.22. The number of hydrogen-bond acceptors (Lipinski definition) is 5. The smallest absolute Gasteiger partial charge is 0.262 e. The maximum atomic E-state index is 13.0. The molecule has 0 aliphatic heterocycles. The van der Waals surface area contributed by atoms with E-state index in [9.17, 15) is 4.79 Å². The molecule has 0 aliphatic carbocycles. The maximum Gasteiger partial charge on any atom is 0.262 e. The van der Waals surface area contributed by atoms with Crippen LogP contribution in [0.15, 0.2) is 76.3 Å². The molecular formula is C23H18ClN3O3. The highest BCUT2D eigenvalue weighted by Gasteiger charge is 2.15. The van der Waals surface area contributed by atoms with Crippen LogP contribution in [-0.4, -0.2) is 18.0 Å². The zero-order valence-corrected chi connectivity index (χ0v) is 17.1. The lowest BCUT2D eigenvalue weighted by Gasteiger charge is -2.08. The summed E-state index contributed by atoms with van der Waals surface area (Å²) in [6, 6.07) is 17.8. The van der Waals surface area contributed by atoms with Crippen LogP contribution in [-0.2, 0) is 0 Å². The van der Waals surface area contributed by atoms with Gasteiger partial charge in [-0.1, -0.05) is 29.8 Å². The number of halogens is 1. The Bertz CT molecular complexity index is 1300. The molecule has 2 heterocycles. The molecule has 0 saturated heterocycles. The first-order valence-electron chi connectivity index (χ1n) is 9.19. The Morgan fingerprint density at radius 3 is 2.73 bits per heavy atom. The van der Waals surface area contributed by atoms with Gasteiger partial charge in [0.15, 0.2) is 11.3 Å². The van der Waals surface area contributed by atoms with Crippen molar-refractivity contribution in [1.29, 1.82) is 0 Å². The van der Waals surface area contributed by atoms with Crippen molar-refractivity contribution in [1.82, 2.24) is 4.98 Å². The van der Waals surface area contributed by atoms with Gasteiger partial charge in [0.1, 0.15) is 11.4 Å². The van der Waals surface area contributed by atoms with Gasteiger partial charge < -0.3 is 14.5 Å². The summed E-state index contributed by atoms with van der Waals surface area (Å²) in [6.07, 6.45) is 1.60. The minimum atomic E-state index is -0.383. The number of benzene rings is 2. The number of ether oxygens (including phenoxy) is 1. The fourth-order valence-corrected chi connectivity index (χ4v) is 3.08. The number of pyridine rings is 1. The van der Waals surface area contributed by atoms with Crippen LogP contribution in [0.1, 0.15) is 15.9 Å². The molecule has 30 heavy (non-hydrogen) atoms. The SMILES string of the molecule is COc1cccc2cc(C(=O)Nc3ccccn3)c(=Nc3ccc(Cl)c(C)c3)oc12. The molecule has 0 bridgehead atoms. The standard InChI is InChI=1S/C23H18ClN3O3/c1-14-12-16(9-10-18(14)24)26-23-17(22(28)27-20-8-3-4-11-25-20)13-15-6-5-7-19(29-2)21(15)30-23/h3-13H,1-2H3,(H,25,27,28). The Morgan fingerprint density at radius 2 is 2.00 bits per heavy atom. The summed E-state index contributed by atoms with van der Waals surface area (Å²) < 4.78 is 11.4. The quantitative estimate of drug-likeness (QED) is 0.488. The lowest BCUT2D eigenvalue weighted by atomic mass is 10.1. The van der Waals surface area contributed by atoms with E-state index in [1.165, 1.54) is 0 Å². The number of hydrogen-bond donors (Lipinski definition) is 1. The molecule has 1 amide bonds. The molecule has 2 aromatic heterocycles. The fraction of sp³-hybridized carbons (Fsp3) is 0.0870. The Kier molecular flexibility index (Phi) is 5.50. The summed E-state index contributed by atoms with van der Waals surface area (Å²) in [7, 11) is 1.56. The van der Waals surface area contributed by atoms with Gasteiger partial charge in [0.25, 0.3) is 5.91 Å². The highest BCUT2D eigenvalue weighted by molar-refractivity contribution is 6.31. The number of carbonyl (C=O) groups excluding carboxylic acids is 1. The van der Waals surface area contributed by atoms with Crippen LogP contribution in [0.3, 0.4) is 0 Å². The number of para-hydroxylation sites is 1. The molecule has 0 radical (unpaired) electrons.